The highest BCUT2D eigenvalue weighted by molar-refractivity contribution is 6.87. The van der Waals surface area contributed by atoms with Crippen molar-refractivity contribution in [3.05, 3.63) is 89.5 Å². The summed E-state index contributed by atoms with van der Waals surface area (Å²) in [5, 5.41) is 0. The number of para-hydroxylation sites is 3. The fourth-order valence-electron chi connectivity index (χ4n) is 6.64. The van der Waals surface area contributed by atoms with Gasteiger partial charge in [-0.05, 0) is 129 Å². The Labute approximate surface area is 308 Å². The maximum Gasteiger partial charge on any atom is 0.308 e. The van der Waals surface area contributed by atoms with Gasteiger partial charge in [0.2, 0.25) is 0 Å². The highest BCUT2D eigenvalue weighted by Gasteiger charge is 2.40. The maximum atomic E-state index is 11.8. The summed E-state index contributed by atoms with van der Waals surface area (Å²) < 4.78 is 23.8. The molecule has 0 fully saturated rings. The average molecular weight is 751 g/mol. The van der Waals surface area contributed by atoms with E-state index in [2.05, 4.69) is 26.6 Å². The van der Waals surface area contributed by atoms with E-state index < -0.39 is 25.0 Å². The number of hydrogen-bond donors (Lipinski definition) is 1. The first kappa shape index (κ1) is 42.1. The van der Waals surface area contributed by atoms with Gasteiger partial charge in [0.1, 0.15) is 17.2 Å². The molecule has 0 aliphatic heterocycles. The van der Waals surface area contributed by atoms with Crippen LogP contribution >= 0.6 is 0 Å². The van der Waals surface area contributed by atoms with Gasteiger partial charge in [-0.2, -0.15) is 0 Å². The van der Waals surface area contributed by atoms with Crippen LogP contribution < -0.4 is 14.2 Å². The summed E-state index contributed by atoms with van der Waals surface area (Å²) in [5.74, 6) is 0.850. The smallest absolute Gasteiger partial charge is 0.308 e. The third kappa shape index (κ3) is 15.0. The molecule has 11 heteroatoms. The summed E-state index contributed by atoms with van der Waals surface area (Å²) in [7, 11) is -7.00. The molecule has 3 rings (SSSR count). The SMILES string of the molecule is CC[Si](C)(CCCc1ccccc1OC(C)=O)O[Si](C)(CCCc1ccccc1OC(C)=O)CC[Si](C)(O)CCCc1ccccc1OC(C)=O. The predicted octanol–water partition coefficient (Wildman–Crippen LogP) is 9.42. The molecule has 0 bridgehead atoms. The number of benzene rings is 3. The van der Waals surface area contributed by atoms with E-state index in [0.29, 0.717) is 17.2 Å². The number of hydrogen-bond acceptors (Lipinski definition) is 8. The Balaban J connectivity index is 1.71. The molecule has 0 aromatic heterocycles. The minimum absolute atomic E-state index is 0.318. The minimum Gasteiger partial charge on any atom is -0.455 e. The molecule has 0 saturated heterocycles. The standard InChI is InChI=1S/C40H58O8Si3/c1-8-50(6,28-16-22-36-19-10-13-25-39(36)46-33(3)42)48-51(7,29-17-23-37-20-11-14-26-40(37)47-34(4)43)31-30-49(5,44)27-15-21-35-18-9-12-24-38(35)45-32(2)41/h9-14,18-20,24-26,44H,8,15-17,21-23,27-31H2,1-7H3. The van der Waals surface area contributed by atoms with Crippen LogP contribution in [0.2, 0.25) is 55.9 Å². The zero-order valence-corrected chi connectivity index (χ0v) is 34.7. The molecule has 1 N–H and O–H groups in total. The first-order valence-corrected chi connectivity index (χ1v) is 26.8. The van der Waals surface area contributed by atoms with Crippen molar-refractivity contribution in [2.24, 2.45) is 0 Å². The van der Waals surface area contributed by atoms with Crippen molar-refractivity contribution in [3.63, 3.8) is 0 Å². The number of ether oxygens (including phenoxy) is 3. The van der Waals surface area contributed by atoms with Crippen molar-refractivity contribution >= 4 is 42.9 Å². The average Bonchev–Trinajstić information content (AvgIpc) is 3.05. The summed E-state index contributed by atoms with van der Waals surface area (Å²) >= 11 is 0. The van der Waals surface area contributed by atoms with Crippen LogP contribution in [0.15, 0.2) is 72.8 Å². The molecule has 278 valence electrons. The van der Waals surface area contributed by atoms with Gasteiger partial charge in [-0.1, -0.05) is 61.5 Å². The largest absolute Gasteiger partial charge is 0.455 e. The number of aryl methyl sites for hydroxylation is 3. The van der Waals surface area contributed by atoms with Crippen LogP contribution in [-0.2, 0) is 37.8 Å². The second kappa shape index (κ2) is 20.0. The van der Waals surface area contributed by atoms with E-state index in [0.717, 1.165) is 91.5 Å². The summed E-state index contributed by atoms with van der Waals surface area (Å²) in [6.45, 7) is 13.3. The lowest BCUT2D eigenvalue weighted by molar-refractivity contribution is -0.132. The summed E-state index contributed by atoms with van der Waals surface area (Å²) in [6, 6.07) is 28.4. The lowest BCUT2D eigenvalue weighted by Gasteiger charge is -2.39. The van der Waals surface area contributed by atoms with Crippen LogP contribution in [0.3, 0.4) is 0 Å². The molecule has 3 atom stereocenters. The molecular weight excluding hydrogens is 693 g/mol. The predicted molar refractivity (Wildman–Crippen MR) is 211 cm³/mol. The topological polar surface area (TPSA) is 108 Å². The Morgan fingerprint density at radius 3 is 1.25 bits per heavy atom. The van der Waals surface area contributed by atoms with Crippen LogP contribution in [0, 0.1) is 0 Å². The number of rotatable bonds is 21. The van der Waals surface area contributed by atoms with E-state index >= 15 is 0 Å². The van der Waals surface area contributed by atoms with Gasteiger partial charge in [0.05, 0.1) is 0 Å². The molecule has 0 radical (unpaired) electrons. The van der Waals surface area contributed by atoms with Crippen molar-refractivity contribution < 1.29 is 37.5 Å². The Bertz CT molecular complexity index is 1600. The van der Waals surface area contributed by atoms with Crippen molar-refractivity contribution in [2.45, 2.75) is 122 Å². The Hall–Kier alpha value is -3.36. The molecule has 3 unspecified atom stereocenters. The zero-order chi connectivity index (χ0) is 37.5. The minimum atomic E-state index is -2.56. The van der Waals surface area contributed by atoms with Gasteiger partial charge in [-0.15, -0.1) is 0 Å². The molecule has 0 heterocycles. The van der Waals surface area contributed by atoms with E-state index in [4.69, 9.17) is 18.3 Å². The van der Waals surface area contributed by atoms with Gasteiger partial charge in [0, 0.05) is 20.8 Å². The molecule has 0 spiro atoms. The lowest BCUT2D eigenvalue weighted by atomic mass is 10.1. The number of esters is 3. The highest BCUT2D eigenvalue weighted by atomic mass is 28.4. The van der Waals surface area contributed by atoms with Gasteiger partial charge < -0.3 is 23.1 Å². The van der Waals surface area contributed by atoms with Crippen LogP contribution in [0.5, 0.6) is 17.2 Å². The van der Waals surface area contributed by atoms with Crippen LogP contribution in [0.4, 0.5) is 0 Å². The molecular formula is C40H58O8Si3. The second-order valence-corrected chi connectivity index (χ2v) is 27.3. The molecule has 0 aliphatic carbocycles. The molecule has 51 heavy (non-hydrogen) atoms. The van der Waals surface area contributed by atoms with Crippen molar-refractivity contribution in [2.75, 3.05) is 0 Å². The first-order valence-electron chi connectivity index (χ1n) is 18.3. The summed E-state index contributed by atoms with van der Waals surface area (Å²) in [6.07, 6.45) is 4.99. The van der Waals surface area contributed by atoms with E-state index in [1.54, 1.807) is 0 Å². The molecule has 0 saturated carbocycles. The van der Waals surface area contributed by atoms with Crippen LogP contribution in [0.25, 0.3) is 0 Å². The monoisotopic (exact) mass is 750 g/mol. The van der Waals surface area contributed by atoms with Gasteiger partial charge >= 0.3 is 17.9 Å². The van der Waals surface area contributed by atoms with Crippen LogP contribution in [0.1, 0.15) is 63.6 Å². The van der Waals surface area contributed by atoms with E-state index in [-0.39, 0.29) is 17.9 Å². The van der Waals surface area contributed by atoms with Gasteiger partial charge in [-0.25, -0.2) is 0 Å². The van der Waals surface area contributed by atoms with E-state index in [1.165, 1.54) is 20.8 Å². The van der Waals surface area contributed by atoms with E-state index in [9.17, 15) is 19.2 Å². The molecule has 0 aliphatic rings. The lowest BCUT2D eigenvalue weighted by Crippen LogP contribution is -2.49. The van der Waals surface area contributed by atoms with Crippen LogP contribution in [-0.4, -0.2) is 47.7 Å². The summed E-state index contributed by atoms with van der Waals surface area (Å²) in [4.78, 5) is 46.7. The Morgan fingerprint density at radius 2 is 0.882 bits per heavy atom. The van der Waals surface area contributed by atoms with Crippen molar-refractivity contribution in [3.8, 4) is 17.2 Å². The fraction of sp³-hybridized carbons (Fsp3) is 0.475. The van der Waals surface area contributed by atoms with Gasteiger partial charge in [-0.3, -0.25) is 14.4 Å². The molecule has 3 aromatic carbocycles. The molecule has 3 aromatic rings. The summed E-state index contributed by atoms with van der Waals surface area (Å²) in [5.41, 5.74) is 3.03. The normalized spacial score (nSPS) is 14.8. The zero-order valence-electron chi connectivity index (χ0n) is 31.7. The number of carbonyl (C=O) groups is 3. The molecule has 0 amide bonds. The van der Waals surface area contributed by atoms with Gasteiger partial charge in [0.25, 0.3) is 0 Å². The molecule has 8 nitrogen and oxygen atoms in total. The quantitative estimate of drug-likeness (QED) is 0.0652. The third-order valence-electron chi connectivity index (χ3n) is 9.58. The third-order valence-corrected chi connectivity index (χ3v) is 22.4. The fourth-order valence-corrected chi connectivity index (χ4v) is 21.1. The van der Waals surface area contributed by atoms with Crippen molar-refractivity contribution in [1.29, 1.82) is 0 Å². The first-order chi connectivity index (χ1) is 24.1. The van der Waals surface area contributed by atoms with Crippen molar-refractivity contribution in [1.82, 2.24) is 0 Å². The Kier molecular flexibility index (Phi) is 16.5. The highest BCUT2D eigenvalue weighted by Crippen LogP contribution is 2.35. The van der Waals surface area contributed by atoms with Gasteiger partial charge in [0.15, 0.2) is 25.0 Å². The number of carbonyl (C=O) groups excluding carboxylic acids is 3. The second-order valence-electron chi connectivity index (χ2n) is 14.5. The maximum absolute atomic E-state index is 11.8. The van der Waals surface area contributed by atoms with E-state index in [1.807, 2.05) is 72.8 Å². The Morgan fingerprint density at radius 1 is 0.529 bits per heavy atom.